The normalized spacial score (nSPS) is 12.2. The first-order valence-corrected chi connectivity index (χ1v) is 6.25. The van der Waals surface area contributed by atoms with Crippen LogP contribution >= 0.6 is 23.2 Å². The van der Waals surface area contributed by atoms with E-state index < -0.39 is 0 Å². The highest BCUT2D eigenvalue weighted by atomic mass is 35.5. The van der Waals surface area contributed by atoms with E-state index in [2.05, 4.69) is 5.32 Å². The van der Waals surface area contributed by atoms with Crippen molar-refractivity contribution in [2.75, 3.05) is 5.32 Å². The van der Waals surface area contributed by atoms with Crippen molar-refractivity contribution in [1.82, 2.24) is 0 Å². The van der Waals surface area contributed by atoms with Gasteiger partial charge in [-0.3, -0.25) is 4.79 Å². The number of hydrogen-bond acceptors (Lipinski definition) is 2. The fourth-order valence-corrected chi connectivity index (χ4v) is 1.84. The standard InChI is InChI=1S/C12H16Cl2N2O/c1-8(15)3-2-4-12(17)16-11-6-5-9(13)7-10(11)14/h5-8H,2-4,15H2,1H3,(H,16,17). The molecule has 1 unspecified atom stereocenters. The van der Waals surface area contributed by atoms with Crippen LogP contribution in [-0.2, 0) is 4.79 Å². The third-order valence-corrected chi connectivity index (χ3v) is 2.82. The molecule has 3 nitrogen and oxygen atoms in total. The van der Waals surface area contributed by atoms with Gasteiger partial charge in [-0.2, -0.15) is 0 Å². The molecular formula is C12H16Cl2N2O. The Bertz CT molecular complexity index is 394. The molecule has 1 amide bonds. The van der Waals surface area contributed by atoms with Gasteiger partial charge in [0.05, 0.1) is 10.7 Å². The highest BCUT2D eigenvalue weighted by Gasteiger charge is 2.06. The second-order valence-corrected chi connectivity index (χ2v) is 4.89. The van der Waals surface area contributed by atoms with Gasteiger partial charge in [-0.1, -0.05) is 23.2 Å². The number of rotatable bonds is 5. The molecule has 1 aromatic carbocycles. The number of halogens is 2. The van der Waals surface area contributed by atoms with Crippen LogP contribution in [0.4, 0.5) is 5.69 Å². The average Bonchev–Trinajstić information content (AvgIpc) is 2.21. The summed E-state index contributed by atoms with van der Waals surface area (Å²) in [6.07, 6.45) is 2.05. The molecule has 0 heterocycles. The van der Waals surface area contributed by atoms with Gasteiger partial charge in [0.15, 0.2) is 0 Å². The molecule has 0 radical (unpaired) electrons. The van der Waals surface area contributed by atoms with E-state index in [-0.39, 0.29) is 11.9 Å². The van der Waals surface area contributed by atoms with Gasteiger partial charge in [0.2, 0.25) is 5.91 Å². The van der Waals surface area contributed by atoms with E-state index in [4.69, 9.17) is 28.9 Å². The smallest absolute Gasteiger partial charge is 0.224 e. The Labute approximate surface area is 111 Å². The van der Waals surface area contributed by atoms with Gasteiger partial charge in [-0.05, 0) is 38.0 Å². The maximum Gasteiger partial charge on any atom is 0.224 e. The van der Waals surface area contributed by atoms with Crippen LogP contribution in [0.2, 0.25) is 10.0 Å². The van der Waals surface area contributed by atoms with Crippen molar-refractivity contribution in [3.8, 4) is 0 Å². The van der Waals surface area contributed by atoms with E-state index in [9.17, 15) is 4.79 Å². The number of benzene rings is 1. The quantitative estimate of drug-likeness (QED) is 0.864. The van der Waals surface area contributed by atoms with Crippen molar-refractivity contribution in [3.63, 3.8) is 0 Å². The lowest BCUT2D eigenvalue weighted by Gasteiger charge is -2.08. The van der Waals surface area contributed by atoms with Crippen LogP contribution in [0, 0.1) is 0 Å². The lowest BCUT2D eigenvalue weighted by molar-refractivity contribution is -0.116. The maximum absolute atomic E-state index is 11.6. The molecule has 1 rings (SSSR count). The molecular weight excluding hydrogens is 259 g/mol. The van der Waals surface area contributed by atoms with Crippen LogP contribution in [-0.4, -0.2) is 11.9 Å². The summed E-state index contributed by atoms with van der Waals surface area (Å²) in [5.41, 5.74) is 6.19. The molecule has 3 N–H and O–H groups in total. The molecule has 0 aromatic heterocycles. The number of carbonyl (C=O) groups is 1. The first-order valence-electron chi connectivity index (χ1n) is 5.49. The molecule has 0 aliphatic rings. The zero-order valence-electron chi connectivity index (χ0n) is 9.67. The number of anilines is 1. The van der Waals surface area contributed by atoms with Gasteiger partial charge < -0.3 is 11.1 Å². The fraction of sp³-hybridized carbons (Fsp3) is 0.417. The molecule has 0 fully saturated rings. The van der Waals surface area contributed by atoms with Crippen molar-refractivity contribution in [3.05, 3.63) is 28.2 Å². The molecule has 0 spiro atoms. The molecule has 17 heavy (non-hydrogen) atoms. The summed E-state index contributed by atoms with van der Waals surface area (Å²) in [7, 11) is 0. The lowest BCUT2D eigenvalue weighted by atomic mass is 10.1. The van der Waals surface area contributed by atoms with Crippen LogP contribution in [0.25, 0.3) is 0 Å². The van der Waals surface area contributed by atoms with E-state index in [0.717, 1.165) is 12.8 Å². The third kappa shape index (κ3) is 5.39. The first-order chi connectivity index (χ1) is 7.99. The van der Waals surface area contributed by atoms with Gasteiger partial charge in [0.1, 0.15) is 0 Å². The van der Waals surface area contributed by atoms with E-state index in [0.29, 0.717) is 22.2 Å². The Morgan fingerprint density at radius 2 is 2.18 bits per heavy atom. The third-order valence-electron chi connectivity index (χ3n) is 2.27. The summed E-state index contributed by atoms with van der Waals surface area (Å²) in [5, 5.41) is 3.73. The number of carbonyl (C=O) groups excluding carboxylic acids is 1. The number of nitrogens with one attached hydrogen (secondary N) is 1. The minimum absolute atomic E-state index is 0.0603. The molecule has 5 heteroatoms. The molecule has 0 saturated heterocycles. The Hall–Kier alpha value is -0.770. The number of amides is 1. The SMILES string of the molecule is CC(N)CCCC(=O)Nc1ccc(Cl)cc1Cl. The first kappa shape index (κ1) is 14.3. The average molecular weight is 275 g/mol. The maximum atomic E-state index is 11.6. The minimum atomic E-state index is -0.0603. The molecule has 0 aliphatic carbocycles. The second-order valence-electron chi connectivity index (χ2n) is 4.04. The molecule has 0 bridgehead atoms. The topological polar surface area (TPSA) is 55.1 Å². The van der Waals surface area contributed by atoms with Crippen molar-refractivity contribution >= 4 is 34.8 Å². The van der Waals surface area contributed by atoms with Crippen LogP contribution in [0.15, 0.2) is 18.2 Å². The van der Waals surface area contributed by atoms with Crippen molar-refractivity contribution in [2.24, 2.45) is 5.73 Å². The number of nitrogens with two attached hydrogens (primary N) is 1. The Kier molecular flexibility index (Phi) is 5.75. The second kappa shape index (κ2) is 6.84. The van der Waals surface area contributed by atoms with Crippen LogP contribution in [0.3, 0.4) is 0 Å². The van der Waals surface area contributed by atoms with Crippen LogP contribution < -0.4 is 11.1 Å². The van der Waals surface area contributed by atoms with Gasteiger partial charge >= 0.3 is 0 Å². The summed E-state index contributed by atoms with van der Waals surface area (Å²) < 4.78 is 0. The Morgan fingerprint density at radius 3 is 2.76 bits per heavy atom. The Morgan fingerprint density at radius 1 is 1.47 bits per heavy atom. The number of hydrogen-bond donors (Lipinski definition) is 2. The van der Waals surface area contributed by atoms with Crippen molar-refractivity contribution in [1.29, 1.82) is 0 Å². The lowest BCUT2D eigenvalue weighted by Crippen LogP contribution is -2.16. The predicted octanol–water partition coefficient (Wildman–Crippen LogP) is 3.45. The van der Waals surface area contributed by atoms with Gasteiger partial charge in [-0.15, -0.1) is 0 Å². The minimum Gasteiger partial charge on any atom is -0.328 e. The van der Waals surface area contributed by atoms with E-state index in [1.807, 2.05) is 6.92 Å². The largest absolute Gasteiger partial charge is 0.328 e. The van der Waals surface area contributed by atoms with Crippen LogP contribution in [0.5, 0.6) is 0 Å². The summed E-state index contributed by atoms with van der Waals surface area (Å²) >= 11 is 11.7. The van der Waals surface area contributed by atoms with Crippen molar-refractivity contribution in [2.45, 2.75) is 32.2 Å². The molecule has 1 aromatic rings. The molecule has 94 valence electrons. The van der Waals surface area contributed by atoms with E-state index >= 15 is 0 Å². The Balaban J connectivity index is 2.45. The monoisotopic (exact) mass is 274 g/mol. The van der Waals surface area contributed by atoms with Crippen LogP contribution in [0.1, 0.15) is 26.2 Å². The zero-order valence-corrected chi connectivity index (χ0v) is 11.2. The summed E-state index contributed by atoms with van der Waals surface area (Å²) in [6.45, 7) is 1.92. The summed E-state index contributed by atoms with van der Waals surface area (Å²) in [6, 6.07) is 5.10. The summed E-state index contributed by atoms with van der Waals surface area (Å²) in [4.78, 5) is 11.6. The van der Waals surface area contributed by atoms with Gasteiger partial charge in [0, 0.05) is 17.5 Å². The van der Waals surface area contributed by atoms with Crippen molar-refractivity contribution < 1.29 is 4.79 Å². The zero-order chi connectivity index (χ0) is 12.8. The molecule has 1 atom stereocenters. The molecule has 0 saturated carbocycles. The van der Waals surface area contributed by atoms with E-state index in [1.54, 1.807) is 18.2 Å². The molecule has 0 aliphatic heterocycles. The summed E-state index contributed by atoms with van der Waals surface area (Å²) in [5.74, 6) is -0.0603. The highest BCUT2D eigenvalue weighted by molar-refractivity contribution is 6.36. The van der Waals surface area contributed by atoms with E-state index in [1.165, 1.54) is 0 Å². The highest BCUT2D eigenvalue weighted by Crippen LogP contribution is 2.25. The van der Waals surface area contributed by atoms with Gasteiger partial charge in [0.25, 0.3) is 0 Å². The van der Waals surface area contributed by atoms with Gasteiger partial charge in [-0.25, -0.2) is 0 Å². The predicted molar refractivity (Wildman–Crippen MR) is 72.6 cm³/mol. The fourth-order valence-electron chi connectivity index (χ4n) is 1.39.